The quantitative estimate of drug-likeness (QED) is 0.205. The number of nitrogens with zero attached hydrogens (tertiary/aromatic N) is 4. The molecule has 0 radical (unpaired) electrons. The van der Waals surface area contributed by atoms with E-state index in [0.29, 0.717) is 0 Å². The minimum Gasteiger partial charge on any atom is -0.353 e. The zero-order valence-corrected chi connectivity index (χ0v) is 13.0. The van der Waals surface area contributed by atoms with Gasteiger partial charge >= 0.3 is 0 Å². The third-order valence-electron chi connectivity index (χ3n) is 2.09. The van der Waals surface area contributed by atoms with Crippen LogP contribution in [0.5, 0.6) is 0 Å². The Morgan fingerprint density at radius 3 is 1.52 bits per heavy atom. The summed E-state index contributed by atoms with van der Waals surface area (Å²) in [5, 5.41) is 22.1. The Hall–Kier alpha value is -1.85. The predicted molar refractivity (Wildman–Crippen MR) is 75.7 cm³/mol. The first-order valence-corrected chi connectivity index (χ1v) is 9.00. The lowest BCUT2D eigenvalue weighted by Crippen LogP contribution is -2.21. The zero-order chi connectivity index (χ0) is 17.7. The lowest BCUT2D eigenvalue weighted by atomic mass is 10.7. The van der Waals surface area contributed by atoms with Crippen molar-refractivity contribution in [3.63, 3.8) is 0 Å². The molecular weight excluding hydrogens is 360 g/mol. The molecule has 0 unspecified atom stereocenters. The summed E-state index contributed by atoms with van der Waals surface area (Å²) < 4.78 is 59.5. The number of aromatic nitrogens is 3. The van der Waals surface area contributed by atoms with Gasteiger partial charge in [0.05, 0.1) is 11.5 Å². The van der Waals surface area contributed by atoms with Crippen LogP contribution in [0.3, 0.4) is 0 Å². The molecule has 16 heteroatoms. The van der Waals surface area contributed by atoms with Crippen molar-refractivity contribution in [2.45, 2.75) is 0 Å². The first-order chi connectivity index (χ1) is 10.5. The maximum atomic E-state index is 10.6. The summed E-state index contributed by atoms with van der Waals surface area (Å²) in [5.74, 6) is -2.51. The van der Waals surface area contributed by atoms with Crippen LogP contribution in [-0.2, 0) is 20.2 Å². The van der Waals surface area contributed by atoms with Crippen molar-refractivity contribution in [1.82, 2.24) is 15.0 Å². The van der Waals surface area contributed by atoms with Crippen LogP contribution in [0.15, 0.2) is 0 Å². The van der Waals surface area contributed by atoms with E-state index in [9.17, 15) is 16.8 Å². The molecule has 14 nitrogen and oxygen atoms in total. The fraction of sp³-hybridized carbons (Fsp3) is 0.571. The van der Waals surface area contributed by atoms with Gasteiger partial charge in [-0.25, -0.2) is 0 Å². The molecule has 0 atom stereocenters. The van der Waals surface area contributed by atoms with Gasteiger partial charge in [0.1, 0.15) is 0 Å². The van der Waals surface area contributed by atoms with Gasteiger partial charge in [0.2, 0.25) is 11.9 Å². The van der Waals surface area contributed by atoms with Crippen LogP contribution < -0.4 is 15.9 Å². The van der Waals surface area contributed by atoms with E-state index >= 15 is 0 Å². The number of anilines is 3. The molecule has 1 aromatic rings. The van der Waals surface area contributed by atoms with Crippen LogP contribution >= 0.6 is 0 Å². The summed E-state index contributed by atoms with van der Waals surface area (Å²) in [7, 11) is -8.43. The molecule has 1 aromatic heterocycles. The van der Waals surface area contributed by atoms with Gasteiger partial charge < -0.3 is 10.6 Å². The molecule has 0 bridgehead atoms. The van der Waals surface area contributed by atoms with E-state index in [0.717, 1.165) is 0 Å². The summed E-state index contributed by atoms with van der Waals surface area (Å²) in [6.45, 7) is -0.576. The number of hydrogen-bond donors (Lipinski definition) is 6. The van der Waals surface area contributed by atoms with Gasteiger partial charge in [-0.1, -0.05) is 5.23 Å². The number of rotatable bonds is 9. The Morgan fingerprint density at radius 2 is 1.22 bits per heavy atom. The van der Waals surface area contributed by atoms with Crippen LogP contribution in [0.4, 0.5) is 17.8 Å². The Morgan fingerprint density at radius 1 is 0.826 bits per heavy atom. The SMILES string of the molecule is O=S(=O)(O)CCNc1nc(NCCS(=O)(=O)O)nc(N(O)O)n1. The summed E-state index contributed by atoms with van der Waals surface area (Å²) >= 11 is 0. The van der Waals surface area contributed by atoms with E-state index in [1.165, 1.54) is 0 Å². The Balaban J connectivity index is 2.81. The maximum absolute atomic E-state index is 10.6. The van der Waals surface area contributed by atoms with Crippen molar-refractivity contribution >= 4 is 38.1 Å². The molecule has 0 aliphatic carbocycles. The van der Waals surface area contributed by atoms with Crippen molar-refractivity contribution in [3.05, 3.63) is 0 Å². The maximum Gasteiger partial charge on any atom is 0.283 e. The third-order valence-corrected chi connectivity index (χ3v) is 3.53. The molecule has 0 aromatic carbocycles. The van der Waals surface area contributed by atoms with E-state index in [-0.39, 0.29) is 25.0 Å². The molecular formula is C7H14N6O8S2. The molecule has 0 spiro atoms. The Bertz CT molecular complexity index is 679. The average Bonchev–Trinajstić information content (AvgIpc) is 2.35. The molecule has 1 rings (SSSR count). The minimum absolute atomic E-state index is 0.277. The zero-order valence-electron chi connectivity index (χ0n) is 11.4. The monoisotopic (exact) mass is 374 g/mol. The van der Waals surface area contributed by atoms with E-state index in [1.54, 1.807) is 0 Å². The van der Waals surface area contributed by atoms with Crippen LogP contribution in [0.25, 0.3) is 0 Å². The fourth-order valence-corrected chi connectivity index (χ4v) is 1.92. The van der Waals surface area contributed by atoms with Crippen molar-refractivity contribution < 1.29 is 36.4 Å². The lowest BCUT2D eigenvalue weighted by Gasteiger charge is -2.11. The lowest BCUT2D eigenvalue weighted by molar-refractivity contribution is 0.0242. The number of nitrogens with one attached hydrogen (secondary N) is 2. The molecule has 23 heavy (non-hydrogen) atoms. The van der Waals surface area contributed by atoms with Gasteiger partial charge in [0.15, 0.2) is 0 Å². The Kier molecular flexibility index (Phi) is 6.36. The van der Waals surface area contributed by atoms with Gasteiger partial charge in [-0.3, -0.25) is 19.5 Å². The summed E-state index contributed by atoms with van der Waals surface area (Å²) in [6.07, 6.45) is 0. The summed E-state index contributed by atoms with van der Waals surface area (Å²) in [5.41, 5.74) is 0. The van der Waals surface area contributed by atoms with Gasteiger partial charge in [-0.05, 0) is 0 Å². The van der Waals surface area contributed by atoms with Crippen molar-refractivity contribution in [3.8, 4) is 0 Å². The molecule has 132 valence electrons. The van der Waals surface area contributed by atoms with Crippen molar-refractivity contribution in [2.24, 2.45) is 0 Å². The second kappa shape index (κ2) is 7.62. The summed E-state index contributed by atoms with van der Waals surface area (Å²) in [6, 6.07) is 0. The smallest absolute Gasteiger partial charge is 0.283 e. The molecule has 0 saturated carbocycles. The van der Waals surface area contributed by atoms with E-state index < -0.39 is 42.9 Å². The molecule has 0 saturated heterocycles. The van der Waals surface area contributed by atoms with Gasteiger partial charge in [-0.2, -0.15) is 31.8 Å². The highest BCUT2D eigenvalue weighted by Gasteiger charge is 2.12. The number of hydrogen-bond acceptors (Lipinski definition) is 12. The highest BCUT2D eigenvalue weighted by Crippen LogP contribution is 2.11. The van der Waals surface area contributed by atoms with Crippen LogP contribution in [0.2, 0.25) is 0 Å². The molecule has 6 N–H and O–H groups in total. The molecule has 0 fully saturated rings. The largest absolute Gasteiger partial charge is 0.353 e. The second-order valence-corrected chi connectivity index (χ2v) is 7.14. The van der Waals surface area contributed by atoms with Crippen LogP contribution in [0.1, 0.15) is 0 Å². The van der Waals surface area contributed by atoms with Gasteiger partial charge in [0, 0.05) is 13.1 Å². The molecule has 0 amide bonds. The average molecular weight is 374 g/mol. The second-order valence-electron chi connectivity index (χ2n) is 4.00. The minimum atomic E-state index is -4.21. The van der Waals surface area contributed by atoms with Crippen molar-refractivity contribution in [1.29, 1.82) is 0 Å². The highest BCUT2D eigenvalue weighted by atomic mass is 32.2. The Labute approximate surface area is 130 Å². The standard InChI is InChI=1S/C7H14N6O8S2/c14-13(15)7-11-5(8-1-3-22(16,17)18)10-6(12-7)9-2-4-23(19,20)21/h14-15H,1-4H2,(H,16,17,18)(H,19,20,21)(H2,8,9,10,11,12). The molecule has 0 aliphatic rings. The van der Waals surface area contributed by atoms with Gasteiger partial charge in [0.25, 0.3) is 26.2 Å². The third kappa shape index (κ3) is 8.38. The van der Waals surface area contributed by atoms with Crippen LogP contribution in [-0.4, -0.2) is 75.9 Å². The fourth-order valence-electron chi connectivity index (χ4n) is 1.20. The van der Waals surface area contributed by atoms with Gasteiger partial charge in [-0.15, -0.1) is 0 Å². The molecule has 1 heterocycles. The first kappa shape index (κ1) is 19.2. The first-order valence-electron chi connectivity index (χ1n) is 5.78. The van der Waals surface area contributed by atoms with E-state index in [4.69, 9.17) is 19.5 Å². The van der Waals surface area contributed by atoms with E-state index in [2.05, 4.69) is 25.6 Å². The summed E-state index contributed by atoms with van der Waals surface area (Å²) in [4.78, 5) is 10.7. The van der Waals surface area contributed by atoms with E-state index in [1.807, 2.05) is 0 Å². The van der Waals surface area contributed by atoms with Crippen LogP contribution in [0, 0.1) is 0 Å². The predicted octanol–water partition coefficient (Wildman–Crippen LogP) is -1.94. The molecule has 0 aliphatic heterocycles. The normalized spacial score (nSPS) is 12.0. The topological polar surface area (TPSA) is 215 Å². The highest BCUT2D eigenvalue weighted by molar-refractivity contribution is 7.86. The van der Waals surface area contributed by atoms with Crippen molar-refractivity contribution in [2.75, 3.05) is 40.5 Å².